The molecule has 0 fully saturated rings. The molecule has 0 spiro atoms. The van der Waals surface area contributed by atoms with Gasteiger partial charge in [-0.3, -0.25) is 4.79 Å². The summed E-state index contributed by atoms with van der Waals surface area (Å²) >= 11 is 8.91. The van der Waals surface area contributed by atoms with Crippen LogP contribution in [-0.4, -0.2) is 20.6 Å². The summed E-state index contributed by atoms with van der Waals surface area (Å²) in [7, 11) is -3.55. The van der Waals surface area contributed by atoms with E-state index < -0.39 is 15.9 Å². The third kappa shape index (κ3) is 3.81. The molecule has 0 aromatic heterocycles. The normalized spacial score (nSPS) is 11.1. The average molecular weight is 313 g/mol. The molecule has 4 nitrogen and oxygen atoms in total. The third-order valence-corrected chi connectivity index (χ3v) is 3.25. The van der Waals surface area contributed by atoms with Crippen molar-refractivity contribution in [3.8, 4) is 0 Å². The molecular weight excluding hydrogens is 306 g/mol. The van der Waals surface area contributed by atoms with Gasteiger partial charge in [0.05, 0.1) is 11.3 Å². The topological polar surface area (TPSA) is 63.2 Å². The smallest absolute Gasteiger partial charge is 0.264 e. The molecule has 1 rings (SSSR count). The maximum atomic E-state index is 11.4. The number of amides is 1. The van der Waals surface area contributed by atoms with Gasteiger partial charge in [0.25, 0.3) is 5.91 Å². The maximum absolute atomic E-state index is 11.4. The second kappa shape index (κ2) is 4.51. The van der Waals surface area contributed by atoms with Crippen molar-refractivity contribution in [1.29, 1.82) is 0 Å². The summed E-state index contributed by atoms with van der Waals surface area (Å²) < 4.78 is 24.1. The van der Waals surface area contributed by atoms with Gasteiger partial charge in [0.2, 0.25) is 10.0 Å². The maximum Gasteiger partial charge on any atom is 0.264 e. The van der Waals surface area contributed by atoms with Crippen molar-refractivity contribution < 1.29 is 13.2 Å². The minimum atomic E-state index is -3.55. The molecule has 0 saturated heterocycles. The van der Waals surface area contributed by atoms with Crippen LogP contribution in [0.2, 0.25) is 5.02 Å². The molecule has 0 bridgehead atoms. The Hall–Kier alpha value is -0.590. The molecular formula is C8H7BrClNO3S. The summed E-state index contributed by atoms with van der Waals surface area (Å²) in [6.45, 7) is 0. The second-order valence-corrected chi connectivity index (χ2v) is 5.84. The van der Waals surface area contributed by atoms with Crippen LogP contribution in [0.15, 0.2) is 22.7 Å². The molecule has 0 aliphatic heterocycles. The first kappa shape index (κ1) is 12.5. The lowest BCUT2D eigenvalue weighted by Gasteiger charge is -2.03. The first-order valence-electron chi connectivity index (χ1n) is 3.77. The predicted molar refractivity (Wildman–Crippen MR) is 61.5 cm³/mol. The Morgan fingerprint density at radius 2 is 2.07 bits per heavy atom. The molecule has 0 aliphatic rings. The summed E-state index contributed by atoms with van der Waals surface area (Å²) in [5.41, 5.74) is 0.189. The van der Waals surface area contributed by atoms with E-state index >= 15 is 0 Å². The van der Waals surface area contributed by atoms with Crippen LogP contribution >= 0.6 is 27.5 Å². The first-order valence-corrected chi connectivity index (χ1v) is 6.83. The highest BCUT2D eigenvalue weighted by atomic mass is 79.9. The van der Waals surface area contributed by atoms with Gasteiger partial charge in [-0.2, -0.15) is 0 Å². The molecule has 7 heteroatoms. The van der Waals surface area contributed by atoms with Crippen LogP contribution in [0.5, 0.6) is 0 Å². The lowest BCUT2D eigenvalue weighted by Crippen LogP contribution is -2.29. The van der Waals surface area contributed by atoms with Crippen molar-refractivity contribution in [3.05, 3.63) is 33.3 Å². The molecule has 0 heterocycles. The van der Waals surface area contributed by atoms with Crippen molar-refractivity contribution in [2.45, 2.75) is 0 Å². The van der Waals surface area contributed by atoms with Crippen LogP contribution < -0.4 is 4.72 Å². The quantitative estimate of drug-likeness (QED) is 0.905. The molecule has 1 N–H and O–H groups in total. The number of nitrogens with one attached hydrogen (secondary N) is 1. The predicted octanol–water partition coefficient (Wildman–Crippen LogP) is 1.79. The fourth-order valence-electron chi connectivity index (χ4n) is 0.865. The number of halogens is 2. The van der Waals surface area contributed by atoms with Gasteiger partial charge in [-0.1, -0.05) is 11.6 Å². The molecule has 0 radical (unpaired) electrons. The van der Waals surface area contributed by atoms with Crippen molar-refractivity contribution in [2.75, 3.05) is 6.26 Å². The lowest BCUT2D eigenvalue weighted by molar-refractivity contribution is 0.0981. The summed E-state index contributed by atoms with van der Waals surface area (Å²) in [6.07, 6.45) is 0.908. The van der Waals surface area contributed by atoms with Crippen molar-refractivity contribution in [3.63, 3.8) is 0 Å². The minimum absolute atomic E-state index is 0.189. The number of hydrogen-bond acceptors (Lipinski definition) is 3. The summed E-state index contributed by atoms with van der Waals surface area (Å²) in [5, 5.41) is 0.344. The molecule has 1 aromatic rings. The number of rotatable bonds is 2. The fraction of sp³-hybridized carbons (Fsp3) is 0.125. The molecule has 0 unspecified atom stereocenters. The number of benzene rings is 1. The van der Waals surface area contributed by atoms with Gasteiger partial charge in [-0.15, -0.1) is 0 Å². The Morgan fingerprint density at radius 1 is 1.47 bits per heavy atom. The van der Waals surface area contributed by atoms with Crippen molar-refractivity contribution >= 4 is 43.5 Å². The fourth-order valence-corrected chi connectivity index (χ4v) is 1.75. The monoisotopic (exact) mass is 311 g/mol. The Morgan fingerprint density at radius 3 is 2.53 bits per heavy atom. The summed E-state index contributed by atoms with van der Waals surface area (Å²) in [4.78, 5) is 11.4. The van der Waals surface area contributed by atoms with Crippen LogP contribution in [-0.2, 0) is 10.0 Å². The summed E-state index contributed by atoms with van der Waals surface area (Å²) in [6, 6.07) is 4.42. The summed E-state index contributed by atoms with van der Waals surface area (Å²) in [5.74, 6) is -0.702. The van der Waals surface area contributed by atoms with E-state index in [2.05, 4.69) is 15.9 Å². The second-order valence-electron chi connectivity index (χ2n) is 2.83. The highest BCUT2D eigenvalue weighted by Gasteiger charge is 2.11. The van der Waals surface area contributed by atoms with E-state index in [1.54, 1.807) is 6.07 Å². The van der Waals surface area contributed by atoms with E-state index in [4.69, 9.17) is 11.6 Å². The van der Waals surface area contributed by atoms with Crippen molar-refractivity contribution in [2.24, 2.45) is 0 Å². The Labute approximate surface area is 101 Å². The van der Waals surface area contributed by atoms with Gasteiger partial charge in [0, 0.05) is 10.0 Å². The number of carbonyl (C=O) groups is 1. The zero-order chi connectivity index (χ0) is 11.6. The van der Waals surface area contributed by atoms with Crippen LogP contribution in [0.25, 0.3) is 0 Å². The van der Waals surface area contributed by atoms with E-state index in [0.717, 1.165) is 6.26 Å². The zero-order valence-electron chi connectivity index (χ0n) is 7.62. The Bertz CT molecular complexity index is 501. The number of carbonyl (C=O) groups excluding carboxylic acids is 1. The van der Waals surface area contributed by atoms with Gasteiger partial charge >= 0.3 is 0 Å². The Balaban J connectivity index is 2.98. The average Bonchev–Trinajstić information content (AvgIpc) is 2.06. The molecule has 1 aromatic carbocycles. The van der Waals surface area contributed by atoms with Crippen LogP contribution in [0, 0.1) is 0 Å². The standard InChI is InChI=1S/C8H7BrClNO3S/c1-15(13,14)11-8(12)5-2-3-6(9)7(10)4-5/h2-4H,1H3,(H,11,12). The number of sulfonamides is 1. The SMILES string of the molecule is CS(=O)(=O)NC(=O)c1ccc(Br)c(Cl)c1. The molecule has 0 aliphatic carbocycles. The van der Waals surface area contributed by atoms with E-state index in [1.807, 2.05) is 4.72 Å². The van der Waals surface area contributed by atoms with Crippen LogP contribution in [0.1, 0.15) is 10.4 Å². The van der Waals surface area contributed by atoms with Crippen LogP contribution in [0.3, 0.4) is 0 Å². The van der Waals surface area contributed by atoms with Gasteiger partial charge < -0.3 is 0 Å². The van der Waals surface area contributed by atoms with Crippen molar-refractivity contribution in [1.82, 2.24) is 4.72 Å². The minimum Gasteiger partial charge on any atom is -0.268 e. The van der Waals surface area contributed by atoms with E-state index in [1.165, 1.54) is 12.1 Å². The third-order valence-electron chi connectivity index (χ3n) is 1.46. The van der Waals surface area contributed by atoms with Gasteiger partial charge in [-0.05, 0) is 34.1 Å². The molecule has 1 amide bonds. The van der Waals surface area contributed by atoms with E-state index in [-0.39, 0.29) is 5.56 Å². The molecule has 0 atom stereocenters. The highest BCUT2D eigenvalue weighted by Crippen LogP contribution is 2.23. The van der Waals surface area contributed by atoms with E-state index in [0.29, 0.717) is 9.50 Å². The van der Waals surface area contributed by atoms with Crippen LogP contribution in [0.4, 0.5) is 0 Å². The van der Waals surface area contributed by atoms with Gasteiger partial charge in [0.15, 0.2) is 0 Å². The molecule has 15 heavy (non-hydrogen) atoms. The Kier molecular flexibility index (Phi) is 3.75. The molecule has 0 saturated carbocycles. The number of hydrogen-bond donors (Lipinski definition) is 1. The zero-order valence-corrected chi connectivity index (χ0v) is 10.8. The largest absolute Gasteiger partial charge is 0.268 e. The van der Waals surface area contributed by atoms with Gasteiger partial charge in [-0.25, -0.2) is 13.1 Å². The molecule has 82 valence electrons. The lowest BCUT2D eigenvalue weighted by atomic mass is 10.2. The highest BCUT2D eigenvalue weighted by molar-refractivity contribution is 9.10. The first-order chi connectivity index (χ1) is 6.79. The van der Waals surface area contributed by atoms with Gasteiger partial charge in [0.1, 0.15) is 0 Å². The van der Waals surface area contributed by atoms with E-state index in [9.17, 15) is 13.2 Å².